The molecule has 0 amide bonds. The Balaban J connectivity index is 2.33. The van der Waals surface area contributed by atoms with E-state index >= 15 is 0 Å². The normalized spacial score (nSPS) is 11.4. The van der Waals surface area contributed by atoms with E-state index in [9.17, 15) is 18.0 Å². The quantitative estimate of drug-likeness (QED) is 0.479. The van der Waals surface area contributed by atoms with E-state index < -0.39 is 16.0 Å². The standard InChI is InChI=1S/C21H21NO6S/c1-5-27-21(24)19-16-10-15(13(3)23)17(22-29(4,25)26)11-18(16)28-20(19)14-8-6-12(2)7-9-14/h6-11,22H,5H2,1-4H3. The number of anilines is 1. The zero-order valence-corrected chi connectivity index (χ0v) is 17.3. The molecule has 0 fully saturated rings. The van der Waals surface area contributed by atoms with Crippen LogP contribution < -0.4 is 4.72 Å². The van der Waals surface area contributed by atoms with Crippen LogP contribution in [0, 0.1) is 6.92 Å². The summed E-state index contributed by atoms with van der Waals surface area (Å²) in [5, 5.41) is 0.378. The summed E-state index contributed by atoms with van der Waals surface area (Å²) in [5.74, 6) is -0.643. The van der Waals surface area contributed by atoms with Crippen LogP contribution in [-0.2, 0) is 14.8 Å². The van der Waals surface area contributed by atoms with E-state index in [0.717, 1.165) is 11.8 Å². The highest BCUT2D eigenvalue weighted by Crippen LogP contribution is 2.37. The monoisotopic (exact) mass is 415 g/mol. The molecular formula is C21H21NO6S. The number of ether oxygens (including phenoxy) is 1. The molecule has 1 N–H and O–H groups in total. The predicted molar refractivity (Wildman–Crippen MR) is 111 cm³/mol. The molecule has 0 unspecified atom stereocenters. The number of hydrogen-bond acceptors (Lipinski definition) is 6. The Hall–Kier alpha value is -3.13. The van der Waals surface area contributed by atoms with E-state index in [1.807, 2.05) is 31.2 Å². The SMILES string of the molecule is CCOC(=O)c1c(-c2ccc(C)cc2)oc2cc(NS(C)(=O)=O)c(C(C)=O)cc12. The van der Waals surface area contributed by atoms with Crippen LogP contribution in [0.1, 0.15) is 40.1 Å². The molecule has 152 valence electrons. The van der Waals surface area contributed by atoms with E-state index in [1.165, 1.54) is 19.1 Å². The number of Topliss-reactive ketones (excluding diaryl/α,β-unsaturated/α-hetero) is 1. The van der Waals surface area contributed by atoms with Crippen molar-refractivity contribution in [2.75, 3.05) is 17.6 Å². The highest BCUT2D eigenvalue weighted by Gasteiger charge is 2.25. The Labute approximate surface area is 168 Å². The first-order valence-corrected chi connectivity index (χ1v) is 10.8. The highest BCUT2D eigenvalue weighted by molar-refractivity contribution is 7.92. The minimum atomic E-state index is -3.62. The number of carbonyl (C=O) groups excluding carboxylic acids is 2. The van der Waals surface area contributed by atoms with Gasteiger partial charge in [0.05, 0.1) is 18.6 Å². The Morgan fingerprint density at radius 3 is 2.34 bits per heavy atom. The number of hydrogen-bond donors (Lipinski definition) is 1. The minimum Gasteiger partial charge on any atom is -0.462 e. The van der Waals surface area contributed by atoms with Crippen LogP contribution in [-0.4, -0.2) is 33.0 Å². The van der Waals surface area contributed by atoms with E-state index in [0.29, 0.717) is 16.7 Å². The second-order valence-corrected chi connectivity index (χ2v) is 8.47. The van der Waals surface area contributed by atoms with Crippen LogP contribution in [0.2, 0.25) is 0 Å². The van der Waals surface area contributed by atoms with Crippen LogP contribution in [0.25, 0.3) is 22.3 Å². The number of sulfonamides is 1. The molecule has 0 aliphatic carbocycles. The van der Waals surface area contributed by atoms with Gasteiger partial charge in [0.1, 0.15) is 16.9 Å². The Bertz CT molecular complexity index is 1210. The third-order valence-electron chi connectivity index (χ3n) is 4.30. The molecule has 2 aromatic carbocycles. The average Bonchev–Trinajstić information content (AvgIpc) is 2.98. The molecule has 1 heterocycles. The van der Waals surface area contributed by atoms with Gasteiger partial charge in [-0.2, -0.15) is 0 Å². The van der Waals surface area contributed by atoms with Gasteiger partial charge in [0.2, 0.25) is 10.0 Å². The maximum atomic E-state index is 12.7. The first-order valence-electron chi connectivity index (χ1n) is 8.94. The van der Waals surface area contributed by atoms with E-state index in [-0.39, 0.29) is 34.8 Å². The molecule has 1 aromatic heterocycles. The number of rotatable bonds is 6. The first-order chi connectivity index (χ1) is 13.6. The van der Waals surface area contributed by atoms with Crippen molar-refractivity contribution in [3.05, 3.63) is 53.1 Å². The molecule has 3 rings (SSSR count). The summed E-state index contributed by atoms with van der Waals surface area (Å²) in [6, 6.07) is 10.3. The Kier molecular flexibility index (Phi) is 5.48. The van der Waals surface area contributed by atoms with Crippen molar-refractivity contribution in [2.24, 2.45) is 0 Å². The second kappa shape index (κ2) is 7.71. The van der Waals surface area contributed by atoms with Crippen LogP contribution in [0.5, 0.6) is 0 Å². The smallest absolute Gasteiger partial charge is 0.342 e. The van der Waals surface area contributed by atoms with Crippen LogP contribution in [0.3, 0.4) is 0 Å². The van der Waals surface area contributed by atoms with Crippen molar-refractivity contribution in [1.29, 1.82) is 0 Å². The minimum absolute atomic E-state index is 0.0899. The fourth-order valence-corrected chi connectivity index (χ4v) is 3.60. The lowest BCUT2D eigenvalue weighted by Gasteiger charge is -2.09. The maximum absolute atomic E-state index is 12.7. The highest BCUT2D eigenvalue weighted by atomic mass is 32.2. The lowest BCUT2D eigenvalue weighted by Crippen LogP contribution is -2.12. The summed E-state index contributed by atoms with van der Waals surface area (Å²) < 4.78 is 36.9. The molecule has 0 bridgehead atoms. The summed E-state index contributed by atoms with van der Waals surface area (Å²) in [7, 11) is -3.62. The third-order valence-corrected chi connectivity index (χ3v) is 4.89. The van der Waals surface area contributed by atoms with Gasteiger partial charge in [-0.1, -0.05) is 29.8 Å². The summed E-state index contributed by atoms with van der Waals surface area (Å²) >= 11 is 0. The van der Waals surface area contributed by atoms with Gasteiger partial charge in [0, 0.05) is 22.6 Å². The fraction of sp³-hybridized carbons (Fsp3) is 0.238. The zero-order valence-electron chi connectivity index (χ0n) is 16.5. The van der Waals surface area contributed by atoms with Gasteiger partial charge in [-0.25, -0.2) is 13.2 Å². The molecule has 3 aromatic rings. The summed E-state index contributed by atoms with van der Waals surface area (Å²) in [6.07, 6.45) is 0.991. The van der Waals surface area contributed by atoms with Gasteiger partial charge in [-0.15, -0.1) is 0 Å². The largest absolute Gasteiger partial charge is 0.462 e. The molecule has 0 saturated carbocycles. The fourth-order valence-electron chi connectivity index (χ4n) is 3.03. The number of benzene rings is 2. The molecule has 0 aliphatic rings. The van der Waals surface area contributed by atoms with Crippen molar-refractivity contribution >= 4 is 38.4 Å². The molecular weight excluding hydrogens is 394 g/mol. The number of aryl methyl sites for hydroxylation is 1. The Morgan fingerprint density at radius 1 is 1.14 bits per heavy atom. The van der Waals surface area contributed by atoms with E-state index in [4.69, 9.17) is 9.15 Å². The first kappa shape index (κ1) is 20.6. The van der Waals surface area contributed by atoms with Crippen molar-refractivity contribution in [3.63, 3.8) is 0 Å². The van der Waals surface area contributed by atoms with Crippen molar-refractivity contribution in [3.8, 4) is 11.3 Å². The number of carbonyl (C=O) groups is 2. The molecule has 0 atom stereocenters. The second-order valence-electron chi connectivity index (χ2n) is 6.72. The molecule has 0 saturated heterocycles. The van der Waals surface area contributed by atoms with Gasteiger partial charge < -0.3 is 9.15 Å². The lowest BCUT2D eigenvalue weighted by molar-refractivity contribution is 0.0528. The molecule has 29 heavy (non-hydrogen) atoms. The van der Waals surface area contributed by atoms with Crippen LogP contribution >= 0.6 is 0 Å². The molecule has 0 aliphatic heterocycles. The Morgan fingerprint density at radius 2 is 1.79 bits per heavy atom. The summed E-state index contributed by atoms with van der Waals surface area (Å²) in [5.41, 5.74) is 2.38. The van der Waals surface area contributed by atoms with Gasteiger partial charge >= 0.3 is 5.97 Å². The predicted octanol–water partition coefficient (Wildman–Crippen LogP) is 4.16. The van der Waals surface area contributed by atoms with Crippen molar-refractivity contribution in [1.82, 2.24) is 0 Å². The van der Waals surface area contributed by atoms with Crippen LogP contribution in [0.4, 0.5) is 5.69 Å². The number of esters is 1. The lowest BCUT2D eigenvalue weighted by atomic mass is 10.0. The third kappa shape index (κ3) is 4.32. The van der Waals surface area contributed by atoms with Gasteiger partial charge in [0.15, 0.2) is 5.78 Å². The van der Waals surface area contributed by atoms with Gasteiger partial charge in [-0.3, -0.25) is 9.52 Å². The maximum Gasteiger partial charge on any atom is 0.342 e. The molecule has 7 nitrogen and oxygen atoms in total. The van der Waals surface area contributed by atoms with Gasteiger partial charge in [0.25, 0.3) is 0 Å². The van der Waals surface area contributed by atoms with Crippen molar-refractivity contribution in [2.45, 2.75) is 20.8 Å². The number of ketones is 1. The average molecular weight is 415 g/mol. The molecule has 0 radical (unpaired) electrons. The van der Waals surface area contributed by atoms with Crippen molar-refractivity contribution < 1.29 is 27.2 Å². The van der Waals surface area contributed by atoms with Gasteiger partial charge in [-0.05, 0) is 26.8 Å². The van der Waals surface area contributed by atoms with E-state index in [2.05, 4.69) is 4.72 Å². The number of fused-ring (bicyclic) bond motifs is 1. The molecule has 0 spiro atoms. The topological polar surface area (TPSA) is 103 Å². The van der Waals surface area contributed by atoms with E-state index in [1.54, 1.807) is 6.92 Å². The summed E-state index contributed by atoms with van der Waals surface area (Å²) in [6.45, 7) is 5.13. The number of nitrogens with one attached hydrogen (secondary N) is 1. The van der Waals surface area contributed by atoms with Crippen LogP contribution in [0.15, 0.2) is 40.8 Å². The molecule has 8 heteroatoms. The summed E-state index contributed by atoms with van der Waals surface area (Å²) in [4.78, 5) is 24.8. The zero-order chi connectivity index (χ0) is 21.3. The number of furan rings is 1.